The molecule has 1 aromatic rings. The number of carbonyl (C=O) groups is 1. The van der Waals surface area contributed by atoms with Crippen LogP contribution in [0.3, 0.4) is 0 Å². The summed E-state index contributed by atoms with van der Waals surface area (Å²) in [6.45, 7) is 0.00473. The van der Waals surface area contributed by atoms with Gasteiger partial charge in [0.2, 0.25) is 15.9 Å². The standard InChI is InChI=1S/C21H26F2N2O5S/c22-21(23)30-18-3-1-17-14-19(4-2-16(17)13-18)31(27,28)25-7-5-15(6-8-25)20(26)24-9-11-29-12-10-24/h1,3,13-15,21H,2,4-12H2. The zero-order chi connectivity index (χ0) is 22.0. The van der Waals surface area contributed by atoms with Gasteiger partial charge < -0.3 is 14.4 Å². The SMILES string of the molecule is O=C(C1CCN(S(=O)(=O)C2=Cc3ccc(OC(F)F)cc3CC2)CC1)N1CCOCC1. The third kappa shape index (κ3) is 4.91. The van der Waals surface area contributed by atoms with Gasteiger partial charge in [-0.1, -0.05) is 6.07 Å². The summed E-state index contributed by atoms with van der Waals surface area (Å²) in [7, 11) is -3.63. The predicted octanol–water partition coefficient (Wildman–Crippen LogP) is 2.48. The van der Waals surface area contributed by atoms with Crippen LogP contribution in [-0.2, 0) is 26.0 Å². The lowest BCUT2D eigenvalue weighted by Crippen LogP contribution is -2.47. The number of halogens is 2. The minimum Gasteiger partial charge on any atom is -0.435 e. The molecule has 2 fully saturated rings. The molecule has 2 aliphatic heterocycles. The van der Waals surface area contributed by atoms with Crippen molar-refractivity contribution in [2.24, 2.45) is 5.92 Å². The highest BCUT2D eigenvalue weighted by molar-refractivity contribution is 7.93. The molecule has 0 N–H and O–H groups in total. The maximum atomic E-state index is 13.2. The molecule has 7 nitrogen and oxygen atoms in total. The summed E-state index contributed by atoms with van der Waals surface area (Å²) in [5.74, 6) is 0.00677. The maximum Gasteiger partial charge on any atom is 0.387 e. The van der Waals surface area contributed by atoms with Crippen LogP contribution in [0.5, 0.6) is 5.75 Å². The largest absolute Gasteiger partial charge is 0.435 e. The molecule has 1 amide bonds. The Balaban J connectivity index is 1.41. The van der Waals surface area contributed by atoms with E-state index in [0.717, 1.165) is 5.56 Å². The minimum absolute atomic E-state index is 0.0699. The fourth-order valence-electron chi connectivity index (χ4n) is 4.37. The number of benzene rings is 1. The summed E-state index contributed by atoms with van der Waals surface area (Å²) in [5, 5.41) is 0. The first-order valence-corrected chi connectivity index (χ1v) is 11.9. The summed E-state index contributed by atoms with van der Waals surface area (Å²) in [5.41, 5.74) is 1.48. The van der Waals surface area contributed by atoms with E-state index in [1.54, 1.807) is 12.1 Å². The highest BCUT2D eigenvalue weighted by Gasteiger charge is 2.35. The minimum atomic E-state index is -3.63. The topological polar surface area (TPSA) is 76.2 Å². The van der Waals surface area contributed by atoms with E-state index >= 15 is 0 Å². The number of amides is 1. The van der Waals surface area contributed by atoms with Gasteiger partial charge in [0, 0.05) is 32.1 Å². The van der Waals surface area contributed by atoms with Crippen LogP contribution in [0.2, 0.25) is 0 Å². The van der Waals surface area contributed by atoms with Crippen molar-refractivity contribution in [2.45, 2.75) is 32.3 Å². The first-order valence-electron chi connectivity index (χ1n) is 10.5. The monoisotopic (exact) mass is 456 g/mol. The second kappa shape index (κ2) is 9.22. The average Bonchev–Trinajstić information content (AvgIpc) is 2.78. The van der Waals surface area contributed by atoms with Crippen molar-refractivity contribution in [1.82, 2.24) is 9.21 Å². The highest BCUT2D eigenvalue weighted by atomic mass is 32.2. The molecule has 31 heavy (non-hydrogen) atoms. The lowest BCUT2D eigenvalue weighted by atomic mass is 9.96. The Kier molecular flexibility index (Phi) is 6.59. The second-order valence-electron chi connectivity index (χ2n) is 7.97. The molecular weight excluding hydrogens is 430 g/mol. The molecule has 0 atom stereocenters. The number of fused-ring (bicyclic) bond motifs is 1. The van der Waals surface area contributed by atoms with E-state index in [4.69, 9.17) is 4.74 Å². The fraction of sp³-hybridized carbons (Fsp3) is 0.571. The Morgan fingerprint density at radius 2 is 1.81 bits per heavy atom. The van der Waals surface area contributed by atoms with Crippen LogP contribution in [0.4, 0.5) is 8.78 Å². The summed E-state index contributed by atoms with van der Waals surface area (Å²) in [6, 6.07) is 4.55. The third-order valence-electron chi connectivity index (χ3n) is 6.09. The van der Waals surface area contributed by atoms with Gasteiger partial charge in [-0.05, 0) is 55.0 Å². The Morgan fingerprint density at radius 3 is 2.48 bits per heavy atom. The van der Waals surface area contributed by atoms with Gasteiger partial charge in [0.05, 0.1) is 18.1 Å². The van der Waals surface area contributed by atoms with Gasteiger partial charge in [0.1, 0.15) is 5.75 Å². The molecule has 3 aliphatic rings. The number of allylic oxidation sites excluding steroid dienone is 1. The number of nitrogens with zero attached hydrogens (tertiary/aromatic N) is 2. The number of alkyl halides is 2. The number of morpholine rings is 1. The fourth-order valence-corrected chi connectivity index (χ4v) is 6.03. The van der Waals surface area contributed by atoms with Gasteiger partial charge in [-0.25, -0.2) is 8.42 Å². The highest BCUT2D eigenvalue weighted by Crippen LogP contribution is 2.33. The van der Waals surface area contributed by atoms with Crippen molar-refractivity contribution in [3.8, 4) is 5.75 Å². The quantitative estimate of drug-likeness (QED) is 0.681. The maximum absolute atomic E-state index is 13.2. The summed E-state index contributed by atoms with van der Waals surface area (Å²) < 4.78 is 62.3. The van der Waals surface area contributed by atoms with Crippen LogP contribution in [0, 0.1) is 5.92 Å². The molecule has 4 rings (SSSR count). The van der Waals surface area contributed by atoms with Crippen molar-refractivity contribution < 1.29 is 31.5 Å². The van der Waals surface area contributed by atoms with E-state index in [0.29, 0.717) is 75.5 Å². The third-order valence-corrected chi connectivity index (χ3v) is 8.12. The number of hydrogen-bond acceptors (Lipinski definition) is 5. The molecule has 2 heterocycles. The van der Waals surface area contributed by atoms with Crippen LogP contribution in [-0.4, -0.2) is 69.5 Å². The van der Waals surface area contributed by atoms with E-state index in [1.807, 2.05) is 4.90 Å². The van der Waals surface area contributed by atoms with Gasteiger partial charge in [-0.15, -0.1) is 0 Å². The van der Waals surface area contributed by atoms with Gasteiger partial charge in [0.25, 0.3) is 0 Å². The Labute approximate surface area is 180 Å². The number of sulfonamides is 1. The Morgan fingerprint density at radius 1 is 1.10 bits per heavy atom. The lowest BCUT2D eigenvalue weighted by Gasteiger charge is -2.35. The number of hydrogen-bond donors (Lipinski definition) is 0. The normalized spacial score (nSPS) is 21.0. The van der Waals surface area contributed by atoms with E-state index in [-0.39, 0.29) is 17.6 Å². The molecule has 1 aromatic carbocycles. The second-order valence-corrected chi connectivity index (χ2v) is 9.96. The summed E-state index contributed by atoms with van der Waals surface area (Å²) >= 11 is 0. The van der Waals surface area contributed by atoms with E-state index in [1.165, 1.54) is 16.4 Å². The van der Waals surface area contributed by atoms with Gasteiger partial charge in [-0.3, -0.25) is 4.79 Å². The van der Waals surface area contributed by atoms with Crippen LogP contribution in [0.25, 0.3) is 6.08 Å². The number of ether oxygens (including phenoxy) is 2. The molecule has 0 bridgehead atoms. The average molecular weight is 457 g/mol. The molecule has 0 saturated carbocycles. The zero-order valence-electron chi connectivity index (χ0n) is 17.1. The molecule has 0 unspecified atom stereocenters. The summed E-state index contributed by atoms with van der Waals surface area (Å²) in [6.07, 6.45) is 3.37. The van der Waals surface area contributed by atoms with Gasteiger partial charge in [0.15, 0.2) is 0 Å². The molecule has 170 valence electrons. The van der Waals surface area contributed by atoms with E-state index in [2.05, 4.69) is 4.74 Å². The molecular formula is C21H26F2N2O5S. The molecule has 2 saturated heterocycles. The van der Waals surface area contributed by atoms with Crippen LogP contribution >= 0.6 is 0 Å². The lowest BCUT2D eigenvalue weighted by molar-refractivity contribution is -0.140. The smallest absolute Gasteiger partial charge is 0.387 e. The molecule has 10 heteroatoms. The van der Waals surface area contributed by atoms with Crippen molar-refractivity contribution in [3.63, 3.8) is 0 Å². The van der Waals surface area contributed by atoms with E-state index in [9.17, 15) is 22.0 Å². The van der Waals surface area contributed by atoms with E-state index < -0.39 is 16.6 Å². The molecule has 0 aromatic heterocycles. The Bertz CT molecular complexity index is 953. The first-order chi connectivity index (χ1) is 14.8. The summed E-state index contributed by atoms with van der Waals surface area (Å²) in [4.78, 5) is 14.8. The van der Waals surface area contributed by atoms with Crippen molar-refractivity contribution >= 4 is 22.0 Å². The van der Waals surface area contributed by atoms with Crippen molar-refractivity contribution in [3.05, 3.63) is 34.2 Å². The van der Waals surface area contributed by atoms with Crippen LogP contribution in [0.15, 0.2) is 23.1 Å². The van der Waals surface area contributed by atoms with Crippen LogP contribution < -0.4 is 4.74 Å². The first kappa shape index (κ1) is 22.2. The number of aryl methyl sites for hydroxylation is 1. The predicted molar refractivity (Wildman–Crippen MR) is 110 cm³/mol. The Hall–Kier alpha value is -2.04. The molecule has 1 aliphatic carbocycles. The number of piperidine rings is 1. The molecule has 0 spiro atoms. The zero-order valence-corrected chi connectivity index (χ0v) is 18.0. The van der Waals surface area contributed by atoms with Crippen molar-refractivity contribution in [2.75, 3.05) is 39.4 Å². The van der Waals surface area contributed by atoms with Crippen LogP contribution in [0.1, 0.15) is 30.4 Å². The van der Waals surface area contributed by atoms with Gasteiger partial charge >= 0.3 is 6.61 Å². The van der Waals surface area contributed by atoms with Gasteiger partial charge in [-0.2, -0.15) is 13.1 Å². The number of carbonyl (C=O) groups excluding carboxylic acids is 1. The van der Waals surface area contributed by atoms with Crippen molar-refractivity contribution in [1.29, 1.82) is 0 Å². The number of rotatable bonds is 5. The molecule has 0 radical (unpaired) electrons.